The van der Waals surface area contributed by atoms with E-state index in [2.05, 4.69) is 104 Å². The molecule has 4 aromatic rings. The Labute approximate surface area is 178 Å². The van der Waals surface area contributed by atoms with Gasteiger partial charge in [-0.25, -0.2) is 0 Å². The number of fused-ring (bicyclic) bond motifs is 5. The number of rotatable bonds is 2. The average Bonchev–Trinajstić information content (AvgIpc) is 3.27. The zero-order chi connectivity index (χ0) is 20.2. The lowest BCUT2D eigenvalue weighted by atomic mass is 9.74. The summed E-state index contributed by atoms with van der Waals surface area (Å²) in [5, 5.41) is 9.41. The second-order valence-electron chi connectivity index (χ2n) is 9.21. The molecule has 2 aliphatic rings. The van der Waals surface area contributed by atoms with Crippen LogP contribution in [0.3, 0.4) is 0 Å². The fourth-order valence-corrected chi connectivity index (χ4v) is 5.64. The third-order valence-electron chi connectivity index (χ3n) is 7.18. The minimum Gasteiger partial charge on any atom is -0.378 e. The van der Waals surface area contributed by atoms with Gasteiger partial charge in [0.05, 0.1) is 6.04 Å². The van der Waals surface area contributed by atoms with Crippen molar-refractivity contribution in [3.05, 3.63) is 102 Å². The van der Waals surface area contributed by atoms with E-state index in [1.54, 1.807) is 0 Å². The van der Waals surface area contributed by atoms with E-state index in [1.807, 2.05) is 0 Å². The van der Waals surface area contributed by atoms with Crippen LogP contribution in [0.4, 0.5) is 5.69 Å². The maximum Gasteiger partial charge on any atom is 0.0566 e. The summed E-state index contributed by atoms with van der Waals surface area (Å²) in [6, 6.07) is 27.5. The molecule has 1 heterocycles. The molecule has 1 aliphatic carbocycles. The summed E-state index contributed by atoms with van der Waals surface area (Å²) in [6.07, 6.45) is 5.98. The Hall–Kier alpha value is -3.06. The Balaban J connectivity index is 1.59. The van der Waals surface area contributed by atoms with Crippen molar-refractivity contribution in [2.24, 2.45) is 5.92 Å². The van der Waals surface area contributed by atoms with Crippen LogP contribution >= 0.6 is 0 Å². The van der Waals surface area contributed by atoms with Gasteiger partial charge in [0.25, 0.3) is 0 Å². The van der Waals surface area contributed by atoms with Crippen LogP contribution in [0.25, 0.3) is 21.5 Å². The van der Waals surface area contributed by atoms with Crippen LogP contribution in [0.5, 0.6) is 0 Å². The molecule has 0 unspecified atom stereocenters. The number of allylic oxidation sites excluding steroid dienone is 2. The van der Waals surface area contributed by atoms with Gasteiger partial charge in [0.1, 0.15) is 0 Å². The van der Waals surface area contributed by atoms with E-state index in [-0.39, 0.29) is 0 Å². The van der Waals surface area contributed by atoms with Gasteiger partial charge in [-0.2, -0.15) is 0 Å². The minimum absolute atomic E-state index is 0.304. The zero-order valence-electron chi connectivity index (χ0n) is 17.6. The normalized spacial score (nSPS) is 22.3. The molecule has 1 heteroatoms. The van der Waals surface area contributed by atoms with Gasteiger partial charge in [-0.3, -0.25) is 0 Å². The molecule has 0 aromatic heterocycles. The maximum absolute atomic E-state index is 4.00. The number of nitrogens with one attached hydrogen (secondary N) is 1. The van der Waals surface area contributed by atoms with Gasteiger partial charge in [-0.1, -0.05) is 86.7 Å². The molecule has 30 heavy (non-hydrogen) atoms. The van der Waals surface area contributed by atoms with Gasteiger partial charge in [-0.05, 0) is 68.6 Å². The van der Waals surface area contributed by atoms with Crippen LogP contribution in [0, 0.1) is 5.92 Å². The molecule has 0 bridgehead atoms. The molecule has 1 aliphatic heterocycles. The Morgan fingerprint density at radius 2 is 1.53 bits per heavy atom. The van der Waals surface area contributed by atoms with E-state index in [1.165, 1.54) is 43.9 Å². The summed E-state index contributed by atoms with van der Waals surface area (Å²) < 4.78 is 0. The molecule has 0 fully saturated rings. The molecule has 6 rings (SSSR count). The first-order valence-electron chi connectivity index (χ1n) is 11.2. The van der Waals surface area contributed by atoms with Crippen molar-refractivity contribution in [2.75, 3.05) is 5.32 Å². The van der Waals surface area contributed by atoms with Crippen molar-refractivity contribution in [2.45, 2.75) is 38.1 Å². The maximum atomic E-state index is 4.00. The Morgan fingerprint density at radius 3 is 2.23 bits per heavy atom. The molecule has 148 valence electrons. The summed E-state index contributed by atoms with van der Waals surface area (Å²) in [5.74, 6) is 1.59. The van der Waals surface area contributed by atoms with Crippen LogP contribution in [0.15, 0.2) is 84.9 Å². The molecule has 1 nitrogen and oxygen atoms in total. The van der Waals surface area contributed by atoms with Crippen molar-refractivity contribution >= 4 is 27.2 Å². The Bertz CT molecular complexity index is 1240. The van der Waals surface area contributed by atoms with Crippen molar-refractivity contribution in [3.63, 3.8) is 0 Å². The summed E-state index contributed by atoms with van der Waals surface area (Å²) in [7, 11) is 0. The molecular weight excluding hydrogens is 362 g/mol. The predicted octanol–water partition coefficient (Wildman–Crippen LogP) is 7.94. The first-order chi connectivity index (χ1) is 14.7. The lowest BCUT2D eigenvalue weighted by Crippen LogP contribution is -2.29. The topological polar surface area (TPSA) is 12.0 Å². The molecule has 0 amide bonds. The van der Waals surface area contributed by atoms with Crippen molar-refractivity contribution in [1.82, 2.24) is 0 Å². The summed E-state index contributed by atoms with van der Waals surface area (Å²) in [5.41, 5.74) is 5.67. The van der Waals surface area contributed by atoms with E-state index in [4.69, 9.17) is 0 Å². The first-order valence-corrected chi connectivity index (χ1v) is 11.2. The molecule has 4 aromatic carbocycles. The van der Waals surface area contributed by atoms with E-state index >= 15 is 0 Å². The van der Waals surface area contributed by atoms with Gasteiger partial charge in [-0.15, -0.1) is 0 Å². The van der Waals surface area contributed by atoms with E-state index in [0.29, 0.717) is 23.8 Å². The molecule has 0 saturated carbocycles. The van der Waals surface area contributed by atoms with Crippen LogP contribution in [0.1, 0.15) is 54.8 Å². The first kappa shape index (κ1) is 17.8. The minimum atomic E-state index is 0.304. The fraction of sp³-hybridized carbons (Fsp3) is 0.241. The van der Waals surface area contributed by atoms with Gasteiger partial charge < -0.3 is 5.32 Å². The van der Waals surface area contributed by atoms with Gasteiger partial charge in [0, 0.05) is 11.6 Å². The molecule has 3 atom stereocenters. The van der Waals surface area contributed by atoms with Crippen LogP contribution in [-0.2, 0) is 0 Å². The third-order valence-corrected chi connectivity index (χ3v) is 7.18. The van der Waals surface area contributed by atoms with Crippen LogP contribution in [-0.4, -0.2) is 0 Å². The highest BCUT2D eigenvalue weighted by Gasteiger charge is 2.39. The van der Waals surface area contributed by atoms with E-state index in [9.17, 15) is 0 Å². The molecule has 0 radical (unpaired) electrons. The lowest BCUT2D eigenvalue weighted by molar-refractivity contribution is 0.429. The number of hydrogen-bond acceptors (Lipinski definition) is 1. The summed E-state index contributed by atoms with van der Waals surface area (Å²) in [4.78, 5) is 0. The van der Waals surface area contributed by atoms with Crippen LogP contribution < -0.4 is 5.32 Å². The second kappa shape index (κ2) is 6.74. The smallest absolute Gasteiger partial charge is 0.0566 e. The van der Waals surface area contributed by atoms with Gasteiger partial charge in [0.2, 0.25) is 0 Å². The highest BCUT2D eigenvalue weighted by Crippen LogP contribution is 2.52. The second-order valence-corrected chi connectivity index (χ2v) is 9.21. The third kappa shape index (κ3) is 2.61. The Morgan fingerprint density at radius 1 is 0.833 bits per heavy atom. The summed E-state index contributed by atoms with van der Waals surface area (Å²) >= 11 is 0. The van der Waals surface area contributed by atoms with Gasteiger partial charge in [0.15, 0.2) is 0 Å². The fourth-order valence-electron chi connectivity index (χ4n) is 5.64. The number of benzene rings is 4. The zero-order valence-corrected chi connectivity index (χ0v) is 17.6. The highest BCUT2D eigenvalue weighted by atomic mass is 15.0. The van der Waals surface area contributed by atoms with E-state index < -0.39 is 0 Å². The molecule has 0 saturated heterocycles. The molecular formula is C29H27N. The largest absolute Gasteiger partial charge is 0.378 e. The van der Waals surface area contributed by atoms with Crippen molar-refractivity contribution in [1.29, 1.82) is 0 Å². The molecule has 0 spiro atoms. The highest BCUT2D eigenvalue weighted by molar-refractivity contribution is 6.03. The van der Waals surface area contributed by atoms with Crippen molar-refractivity contribution < 1.29 is 0 Å². The quantitative estimate of drug-likeness (QED) is 0.271. The number of hydrogen-bond donors (Lipinski definition) is 1. The number of anilines is 1. The summed E-state index contributed by atoms with van der Waals surface area (Å²) in [6.45, 7) is 4.57. The predicted molar refractivity (Wildman–Crippen MR) is 128 cm³/mol. The lowest BCUT2D eigenvalue weighted by Gasteiger charge is -2.39. The standard InChI is InChI=1S/C29H27N/c1-18(2)19-14-15-27-26(17-19)24-12-7-13-25(24)29(30-27)28-22-10-5-3-8-20(22)16-21-9-4-6-11-23(21)28/h3-12,14-18,24-25,29-30H,13H2,1-2H3/t24-,25+,29-/m1/s1. The SMILES string of the molecule is CC(C)c1ccc2c(c1)[C@@H]1C=CC[C@@H]1[C@H](c1c3ccccc3cc3ccccc13)N2. The monoisotopic (exact) mass is 389 g/mol. The Kier molecular flexibility index (Phi) is 3.99. The van der Waals surface area contributed by atoms with E-state index in [0.717, 1.165) is 6.42 Å². The molecule has 1 N–H and O–H groups in total. The van der Waals surface area contributed by atoms with Gasteiger partial charge >= 0.3 is 0 Å². The van der Waals surface area contributed by atoms with Crippen molar-refractivity contribution in [3.8, 4) is 0 Å². The average molecular weight is 390 g/mol. The van der Waals surface area contributed by atoms with Crippen LogP contribution in [0.2, 0.25) is 0 Å².